The predicted molar refractivity (Wildman–Crippen MR) is 73.9 cm³/mol. The zero-order valence-corrected chi connectivity index (χ0v) is 11.7. The third-order valence-corrected chi connectivity index (χ3v) is 3.71. The van der Waals surface area contributed by atoms with Gasteiger partial charge < -0.3 is 20.1 Å². The Kier molecular flexibility index (Phi) is 4.55. The fourth-order valence-corrected chi connectivity index (χ4v) is 2.54. The molecule has 0 radical (unpaired) electrons. The zero-order valence-electron chi connectivity index (χ0n) is 11.7. The van der Waals surface area contributed by atoms with Crippen molar-refractivity contribution >= 4 is 5.91 Å². The number of carbonyl (C=O) groups is 1. The summed E-state index contributed by atoms with van der Waals surface area (Å²) in [6, 6.07) is 0.283. The van der Waals surface area contributed by atoms with Gasteiger partial charge in [-0.3, -0.25) is 4.79 Å². The molecule has 6 heteroatoms. The van der Waals surface area contributed by atoms with Crippen LogP contribution in [0.3, 0.4) is 0 Å². The number of likely N-dealkylation sites (tertiary alicyclic amines) is 1. The number of nitrogens with two attached hydrogens (primary N) is 1. The number of imidazole rings is 1. The van der Waals surface area contributed by atoms with Crippen LogP contribution in [0, 0.1) is 0 Å². The molecule has 1 aliphatic rings. The minimum atomic E-state index is -0.00364. The first-order chi connectivity index (χ1) is 9.11. The molecule has 0 aromatic carbocycles. The summed E-state index contributed by atoms with van der Waals surface area (Å²) in [5.74, 6) is -0.00364. The van der Waals surface area contributed by atoms with Crippen LogP contribution in [0.25, 0.3) is 0 Å². The summed E-state index contributed by atoms with van der Waals surface area (Å²) in [7, 11) is 3.97. The van der Waals surface area contributed by atoms with Crippen LogP contribution < -0.4 is 5.73 Å². The minimum absolute atomic E-state index is 0.00364. The van der Waals surface area contributed by atoms with Gasteiger partial charge in [0.2, 0.25) is 0 Å². The molecule has 19 heavy (non-hydrogen) atoms. The number of nitrogens with zero attached hydrogens (tertiary/aromatic N) is 4. The Morgan fingerprint density at radius 1 is 1.63 bits per heavy atom. The van der Waals surface area contributed by atoms with Crippen molar-refractivity contribution in [3.05, 3.63) is 18.2 Å². The summed E-state index contributed by atoms with van der Waals surface area (Å²) in [6.45, 7) is 3.29. The summed E-state index contributed by atoms with van der Waals surface area (Å²) in [5, 5.41) is 0. The molecule has 1 aromatic rings. The highest BCUT2D eigenvalue weighted by Gasteiger charge is 2.26. The number of aromatic nitrogens is 2. The van der Waals surface area contributed by atoms with E-state index >= 15 is 0 Å². The number of hydrogen-bond donors (Lipinski definition) is 1. The van der Waals surface area contributed by atoms with E-state index in [4.69, 9.17) is 5.73 Å². The van der Waals surface area contributed by atoms with E-state index in [0.717, 1.165) is 25.9 Å². The molecular formula is C13H23N5O. The quantitative estimate of drug-likeness (QED) is 0.832. The summed E-state index contributed by atoms with van der Waals surface area (Å²) in [5.41, 5.74) is 5.99. The fraction of sp³-hybridized carbons (Fsp3) is 0.692. The second-order valence-corrected chi connectivity index (χ2v) is 5.26. The first-order valence-corrected chi connectivity index (χ1v) is 6.79. The highest BCUT2D eigenvalue weighted by molar-refractivity contribution is 5.92. The van der Waals surface area contributed by atoms with Gasteiger partial charge in [0.1, 0.15) is 5.69 Å². The van der Waals surface area contributed by atoms with E-state index in [0.29, 0.717) is 18.8 Å². The lowest BCUT2D eigenvalue weighted by Gasteiger charge is -2.35. The third kappa shape index (κ3) is 3.33. The fourth-order valence-electron chi connectivity index (χ4n) is 2.54. The molecule has 1 fully saturated rings. The van der Waals surface area contributed by atoms with Gasteiger partial charge in [-0.05, 0) is 26.4 Å². The van der Waals surface area contributed by atoms with Crippen LogP contribution in [-0.4, -0.2) is 65.0 Å². The van der Waals surface area contributed by atoms with Gasteiger partial charge in [-0.1, -0.05) is 0 Å². The molecule has 0 saturated carbocycles. The highest BCUT2D eigenvalue weighted by Crippen LogP contribution is 2.15. The molecule has 1 aliphatic heterocycles. The second kappa shape index (κ2) is 6.16. The Morgan fingerprint density at radius 2 is 2.42 bits per heavy atom. The van der Waals surface area contributed by atoms with Gasteiger partial charge in [-0.2, -0.15) is 0 Å². The largest absolute Gasteiger partial charge is 0.336 e. The smallest absolute Gasteiger partial charge is 0.274 e. The molecule has 2 N–H and O–H groups in total. The van der Waals surface area contributed by atoms with Crippen molar-refractivity contribution in [3.8, 4) is 0 Å². The van der Waals surface area contributed by atoms with Crippen molar-refractivity contribution < 1.29 is 4.79 Å². The first-order valence-electron chi connectivity index (χ1n) is 6.79. The van der Waals surface area contributed by atoms with Crippen molar-refractivity contribution in [3.63, 3.8) is 0 Å². The first kappa shape index (κ1) is 14.0. The Labute approximate surface area is 114 Å². The molecule has 2 heterocycles. The lowest BCUT2D eigenvalue weighted by molar-refractivity contribution is 0.0638. The SMILES string of the molecule is CN1CCCC(N(C)C(=O)c2cn(CCN)cn2)C1. The molecule has 1 atom stereocenters. The lowest BCUT2D eigenvalue weighted by atomic mass is 10.0. The number of carbonyl (C=O) groups excluding carboxylic acids is 1. The Balaban J connectivity index is 2.01. The van der Waals surface area contributed by atoms with Crippen molar-refractivity contribution in [1.29, 1.82) is 0 Å². The van der Waals surface area contributed by atoms with Gasteiger partial charge in [0, 0.05) is 38.9 Å². The molecule has 2 rings (SSSR count). The molecule has 1 unspecified atom stereocenters. The molecule has 0 aliphatic carbocycles. The van der Waals surface area contributed by atoms with E-state index in [2.05, 4.69) is 16.9 Å². The van der Waals surface area contributed by atoms with Gasteiger partial charge >= 0.3 is 0 Å². The molecule has 1 saturated heterocycles. The number of rotatable bonds is 4. The number of hydrogen-bond acceptors (Lipinski definition) is 4. The van der Waals surface area contributed by atoms with E-state index in [9.17, 15) is 4.79 Å². The van der Waals surface area contributed by atoms with E-state index < -0.39 is 0 Å². The summed E-state index contributed by atoms with van der Waals surface area (Å²) in [4.78, 5) is 20.6. The standard InChI is InChI=1S/C13H23N5O/c1-16-6-3-4-11(8-16)17(2)13(19)12-9-18(7-5-14)10-15-12/h9-11H,3-8,14H2,1-2H3. The number of amides is 1. The Morgan fingerprint density at radius 3 is 3.11 bits per heavy atom. The van der Waals surface area contributed by atoms with Crippen molar-refractivity contribution in [1.82, 2.24) is 19.4 Å². The normalized spacial score (nSPS) is 20.5. The summed E-state index contributed by atoms with van der Waals surface area (Å²) >= 11 is 0. The maximum atomic E-state index is 12.4. The number of piperidine rings is 1. The summed E-state index contributed by atoms with van der Waals surface area (Å²) < 4.78 is 1.86. The third-order valence-electron chi connectivity index (χ3n) is 3.71. The van der Waals surface area contributed by atoms with Crippen LogP contribution in [0.15, 0.2) is 12.5 Å². The van der Waals surface area contributed by atoms with Crippen LogP contribution in [-0.2, 0) is 6.54 Å². The number of likely N-dealkylation sites (N-methyl/N-ethyl adjacent to an activating group) is 2. The van der Waals surface area contributed by atoms with Crippen LogP contribution >= 0.6 is 0 Å². The van der Waals surface area contributed by atoms with Crippen LogP contribution in [0.2, 0.25) is 0 Å². The van der Waals surface area contributed by atoms with Gasteiger partial charge in [0.25, 0.3) is 5.91 Å². The maximum Gasteiger partial charge on any atom is 0.274 e. The van der Waals surface area contributed by atoms with Crippen LogP contribution in [0.4, 0.5) is 0 Å². The second-order valence-electron chi connectivity index (χ2n) is 5.26. The van der Waals surface area contributed by atoms with E-state index in [1.807, 2.05) is 16.5 Å². The van der Waals surface area contributed by atoms with Crippen LogP contribution in [0.5, 0.6) is 0 Å². The average molecular weight is 265 g/mol. The van der Waals surface area contributed by atoms with E-state index in [-0.39, 0.29) is 11.9 Å². The average Bonchev–Trinajstić information content (AvgIpc) is 2.86. The zero-order chi connectivity index (χ0) is 13.8. The molecule has 1 amide bonds. The molecular weight excluding hydrogens is 242 g/mol. The predicted octanol–water partition coefficient (Wildman–Crippen LogP) is 0.00800. The molecule has 0 bridgehead atoms. The summed E-state index contributed by atoms with van der Waals surface area (Å²) in [6.07, 6.45) is 5.65. The van der Waals surface area contributed by atoms with Crippen molar-refractivity contribution in [2.45, 2.75) is 25.4 Å². The molecule has 1 aromatic heterocycles. The van der Waals surface area contributed by atoms with E-state index in [1.165, 1.54) is 0 Å². The van der Waals surface area contributed by atoms with Gasteiger partial charge in [0.05, 0.1) is 6.33 Å². The topological polar surface area (TPSA) is 67.4 Å². The molecule has 0 spiro atoms. The maximum absolute atomic E-state index is 12.4. The highest BCUT2D eigenvalue weighted by atomic mass is 16.2. The van der Waals surface area contributed by atoms with Crippen molar-refractivity contribution in [2.24, 2.45) is 5.73 Å². The minimum Gasteiger partial charge on any atom is -0.336 e. The van der Waals surface area contributed by atoms with Gasteiger partial charge in [0.15, 0.2) is 0 Å². The Hall–Kier alpha value is -1.40. The van der Waals surface area contributed by atoms with Crippen molar-refractivity contribution in [2.75, 3.05) is 33.7 Å². The Bertz CT molecular complexity index is 430. The lowest BCUT2D eigenvalue weighted by Crippen LogP contribution is -2.47. The van der Waals surface area contributed by atoms with Gasteiger partial charge in [-0.15, -0.1) is 0 Å². The van der Waals surface area contributed by atoms with Gasteiger partial charge in [-0.25, -0.2) is 4.98 Å². The van der Waals surface area contributed by atoms with E-state index in [1.54, 1.807) is 12.5 Å². The monoisotopic (exact) mass is 265 g/mol. The molecule has 106 valence electrons. The van der Waals surface area contributed by atoms with Crippen LogP contribution in [0.1, 0.15) is 23.3 Å². The molecule has 6 nitrogen and oxygen atoms in total.